The van der Waals surface area contributed by atoms with Crippen molar-refractivity contribution in [2.75, 3.05) is 28.0 Å². The van der Waals surface area contributed by atoms with Gasteiger partial charge >= 0.3 is 0 Å². The topological polar surface area (TPSA) is 87.2 Å². The molecule has 10 heteroatoms. The Morgan fingerprint density at radius 2 is 1.48 bits per heavy atom. The minimum atomic E-state index is -4.14. The molecule has 2 N–H and O–H groups in total. The zero-order chi connectivity index (χ0) is 22.6. The minimum absolute atomic E-state index is 0.240. The number of anilines is 4. The molecule has 0 atom stereocenters. The van der Waals surface area contributed by atoms with Crippen LogP contribution in [-0.4, -0.2) is 31.5 Å². The second-order valence-corrected chi connectivity index (χ2v) is 8.46. The largest absolute Gasteiger partial charge is 0.357 e. The van der Waals surface area contributed by atoms with Gasteiger partial charge in [-0.2, -0.15) is 4.98 Å². The van der Waals surface area contributed by atoms with Crippen LogP contribution < -0.4 is 14.9 Å². The molecule has 0 aliphatic rings. The van der Waals surface area contributed by atoms with Crippen molar-refractivity contribution in [3.63, 3.8) is 0 Å². The Labute approximate surface area is 180 Å². The summed E-state index contributed by atoms with van der Waals surface area (Å²) in [7, 11) is -4.14. The van der Waals surface area contributed by atoms with Crippen LogP contribution in [0.2, 0.25) is 0 Å². The van der Waals surface area contributed by atoms with E-state index in [1.807, 2.05) is 26.8 Å². The Kier molecular flexibility index (Phi) is 6.69. The highest BCUT2D eigenvalue weighted by molar-refractivity contribution is 7.92. The molecule has 1 heterocycles. The molecule has 0 amide bonds. The van der Waals surface area contributed by atoms with E-state index < -0.39 is 26.6 Å². The number of nitrogens with one attached hydrogen (secondary N) is 2. The summed E-state index contributed by atoms with van der Waals surface area (Å²) in [6.07, 6.45) is 0. The maximum atomic E-state index is 13.4. The lowest BCUT2D eigenvalue weighted by Crippen LogP contribution is -2.23. The first-order valence-electron chi connectivity index (χ1n) is 9.67. The van der Waals surface area contributed by atoms with Gasteiger partial charge in [0.1, 0.15) is 17.5 Å². The molecule has 0 bridgehead atoms. The van der Waals surface area contributed by atoms with Gasteiger partial charge < -0.3 is 10.2 Å². The lowest BCUT2D eigenvalue weighted by Gasteiger charge is -2.20. The normalized spacial score (nSPS) is 11.3. The second kappa shape index (κ2) is 9.25. The molecule has 31 heavy (non-hydrogen) atoms. The van der Waals surface area contributed by atoms with Crippen molar-refractivity contribution in [3.05, 3.63) is 65.9 Å². The van der Waals surface area contributed by atoms with Crippen LogP contribution in [0.5, 0.6) is 0 Å². The second-order valence-electron chi connectivity index (χ2n) is 6.78. The van der Waals surface area contributed by atoms with Crippen LogP contribution in [0.1, 0.15) is 19.5 Å². The summed E-state index contributed by atoms with van der Waals surface area (Å²) in [5, 5.41) is 3.10. The molecule has 1 aromatic heterocycles. The van der Waals surface area contributed by atoms with E-state index in [1.54, 1.807) is 12.1 Å². The van der Waals surface area contributed by atoms with Crippen molar-refractivity contribution in [2.24, 2.45) is 0 Å². The van der Waals surface area contributed by atoms with Crippen molar-refractivity contribution in [3.8, 4) is 0 Å². The fourth-order valence-corrected chi connectivity index (χ4v) is 4.07. The molecule has 0 spiro atoms. The fraction of sp³-hybridized carbons (Fsp3) is 0.238. The van der Waals surface area contributed by atoms with Gasteiger partial charge in [0.25, 0.3) is 10.0 Å². The van der Waals surface area contributed by atoms with Gasteiger partial charge in [0.2, 0.25) is 5.95 Å². The third-order valence-corrected chi connectivity index (χ3v) is 5.83. The first-order valence-corrected chi connectivity index (χ1v) is 11.1. The van der Waals surface area contributed by atoms with E-state index in [2.05, 4.69) is 24.9 Å². The van der Waals surface area contributed by atoms with E-state index in [0.29, 0.717) is 17.7 Å². The van der Waals surface area contributed by atoms with Crippen LogP contribution in [0.3, 0.4) is 0 Å². The minimum Gasteiger partial charge on any atom is -0.357 e. The predicted molar refractivity (Wildman–Crippen MR) is 117 cm³/mol. The van der Waals surface area contributed by atoms with Crippen molar-refractivity contribution in [1.82, 2.24) is 9.97 Å². The molecular weight excluding hydrogens is 424 g/mol. The van der Waals surface area contributed by atoms with Crippen molar-refractivity contribution < 1.29 is 17.2 Å². The van der Waals surface area contributed by atoms with Gasteiger partial charge in [0.15, 0.2) is 0 Å². The first kappa shape index (κ1) is 22.4. The van der Waals surface area contributed by atoms with Crippen molar-refractivity contribution in [1.29, 1.82) is 0 Å². The van der Waals surface area contributed by atoms with Gasteiger partial charge in [-0.15, -0.1) is 0 Å². The third kappa shape index (κ3) is 5.66. The average molecular weight is 448 g/mol. The molecule has 3 aromatic rings. The number of aryl methyl sites for hydroxylation is 1. The monoisotopic (exact) mass is 447 g/mol. The number of benzene rings is 2. The highest BCUT2D eigenvalue weighted by atomic mass is 32.2. The Hall–Kier alpha value is -3.27. The highest BCUT2D eigenvalue weighted by Gasteiger charge is 2.17. The summed E-state index contributed by atoms with van der Waals surface area (Å²) < 4.78 is 53.8. The molecule has 0 fully saturated rings. The zero-order valence-corrected chi connectivity index (χ0v) is 18.2. The maximum Gasteiger partial charge on any atom is 0.262 e. The molecule has 3 rings (SSSR count). The van der Waals surface area contributed by atoms with Gasteiger partial charge in [-0.1, -0.05) is 0 Å². The van der Waals surface area contributed by atoms with Crippen LogP contribution in [0.25, 0.3) is 0 Å². The van der Waals surface area contributed by atoms with Crippen molar-refractivity contribution in [2.45, 2.75) is 25.7 Å². The molecule has 0 aliphatic carbocycles. The number of sulfonamides is 1. The Balaban J connectivity index is 1.76. The van der Waals surface area contributed by atoms with Crippen LogP contribution >= 0.6 is 0 Å². The predicted octanol–water partition coefficient (Wildman–Crippen LogP) is 4.45. The summed E-state index contributed by atoms with van der Waals surface area (Å²) in [5.74, 6) is -0.707. The molecule has 0 saturated carbocycles. The number of hydrogen-bond donors (Lipinski definition) is 2. The number of aromatic nitrogens is 2. The van der Waals surface area contributed by atoms with E-state index in [0.717, 1.165) is 36.7 Å². The maximum absolute atomic E-state index is 13.4. The number of rotatable bonds is 8. The molecule has 0 radical (unpaired) electrons. The van der Waals surface area contributed by atoms with Gasteiger partial charge in [-0.3, -0.25) is 4.72 Å². The van der Waals surface area contributed by atoms with Crippen LogP contribution in [0.15, 0.2) is 53.4 Å². The van der Waals surface area contributed by atoms with E-state index in [4.69, 9.17) is 0 Å². The molecular formula is C21H23F2N5O2S. The van der Waals surface area contributed by atoms with Crippen LogP contribution in [0.4, 0.5) is 31.9 Å². The van der Waals surface area contributed by atoms with E-state index in [9.17, 15) is 17.2 Å². The van der Waals surface area contributed by atoms with Gasteiger partial charge in [0.05, 0.1) is 4.90 Å². The summed E-state index contributed by atoms with van der Waals surface area (Å²) in [6.45, 7) is 7.61. The Morgan fingerprint density at radius 3 is 2.06 bits per heavy atom. The average Bonchev–Trinajstić information content (AvgIpc) is 2.69. The summed E-state index contributed by atoms with van der Waals surface area (Å²) in [6, 6.07) is 10.4. The van der Waals surface area contributed by atoms with E-state index >= 15 is 0 Å². The third-order valence-electron chi connectivity index (χ3n) is 4.47. The van der Waals surface area contributed by atoms with Crippen LogP contribution in [-0.2, 0) is 10.0 Å². The highest BCUT2D eigenvalue weighted by Crippen LogP contribution is 2.22. The fourth-order valence-electron chi connectivity index (χ4n) is 2.97. The molecule has 2 aromatic carbocycles. The molecule has 0 aliphatic heterocycles. The smallest absolute Gasteiger partial charge is 0.262 e. The summed E-state index contributed by atoms with van der Waals surface area (Å²) in [4.78, 5) is 10.5. The van der Waals surface area contributed by atoms with Gasteiger partial charge in [0, 0.05) is 42.3 Å². The lowest BCUT2D eigenvalue weighted by molar-refractivity contribution is 0.568. The standard InChI is InChI=1S/C21H23F2N5O2S/c1-4-28(5-2)20-10-14(3)24-21(26-20)25-17-6-8-18(9-7-17)27-31(29,30)19-12-15(22)11-16(23)13-19/h6-13,27H,4-5H2,1-3H3,(H,24,25,26). The zero-order valence-electron chi connectivity index (χ0n) is 17.4. The number of halogens is 2. The molecule has 7 nitrogen and oxygen atoms in total. The van der Waals surface area contributed by atoms with E-state index in [1.165, 1.54) is 12.1 Å². The van der Waals surface area contributed by atoms with E-state index in [-0.39, 0.29) is 5.69 Å². The van der Waals surface area contributed by atoms with Gasteiger partial charge in [-0.05, 0) is 57.2 Å². The van der Waals surface area contributed by atoms with Crippen molar-refractivity contribution >= 4 is 33.2 Å². The quantitative estimate of drug-likeness (QED) is 0.530. The first-order chi connectivity index (χ1) is 14.7. The van der Waals surface area contributed by atoms with Crippen LogP contribution in [0, 0.1) is 18.6 Å². The molecule has 0 unspecified atom stereocenters. The molecule has 164 valence electrons. The SMILES string of the molecule is CCN(CC)c1cc(C)nc(Nc2ccc(NS(=O)(=O)c3cc(F)cc(F)c3)cc2)n1. The number of nitrogens with zero attached hydrogens (tertiary/aromatic N) is 3. The Morgan fingerprint density at radius 1 is 0.903 bits per heavy atom. The summed E-state index contributed by atoms with van der Waals surface area (Å²) >= 11 is 0. The summed E-state index contributed by atoms with van der Waals surface area (Å²) in [5.41, 5.74) is 1.70. The lowest BCUT2D eigenvalue weighted by atomic mass is 10.3. The van der Waals surface area contributed by atoms with Gasteiger partial charge in [-0.25, -0.2) is 22.2 Å². The Bertz CT molecular complexity index is 1150. The number of hydrogen-bond acceptors (Lipinski definition) is 6. The molecule has 0 saturated heterocycles.